The molecule has 0 unspecified atom stereocenters. The van der Waals surface area contributed by atoms with Crippen LogP contribution in [-0.4, -0.2) is 9.55 Å². The molecule has 1 aromatic heterocycles. The molecule has 0 aliphatic heterocycles. The summed E-state index contributed by atoms with van der Waals surface area (Å²) in [6, 6.07) is 13.5. The number of hydrogen-bond acceptors (Lipinski definition) is 1. The number of benzene rings is 2. The maximum absolute atomic E-state index is 4.91. The van der Waals surface area contributed by atoms with E-state index < -0.39 is 0 Å². The number of para-hydroxylation sites is 1. The van der Waals surface area contributed by atoms with Gasteiger partial charge in [0.1, 0.15) is 5.82 Å². The fourth-order valence-electron chi connectivity index (χ4n) is 4.27. The van der Waals surface area contributed by atoms with E-state index in [2.05, 4.69) is 103 Å². The summed E-state index contributed by atoms with van der Waals surface area (Å²) in [5.74, 6) is 2.85. The third-order valence-corrected chi connectivity index (χ3v) is 5.82. The van der Waals surface area contributed by atoms with Crippen LogP contribution in [0, 0.1) is 0 Å². The van der Waals surface area contributed by atoms with Crippen molar-refractivity contribution >= 4 is 0 Å². The molecule has 2 aromatic carbocycles. The fraction of sp³-hybridized carbons (Fsp3) is 0.444. The molecule has 0 spiro atoms. The minimum absolute atomic E-state index is 0.443. The summed E-state index contributed by atoms with van der Waals surface area (Å²) in [6.45, 7) is 18.2. The maximum Gasteiger partial charge on any atom is 0.145 e. The van der Waals surface area contributed by atoms with Crippen LogP contribution in [0.15, 0.2) is 48.8 Å². The van der Waals surface area contributed by atoms with Gasteiger partial charge in [0.05, 0.1) is 5.69 Å². The molecule has 0 fully saturated rings. The van der Waals surface area contributed by atoms with E-state index in [-0.39, 0.29) is 0 Å². The largest absolute Gasteiger partial charge is 0.299 e. The van der Waals surface area contributed by atoms with Crippen LogP contribution in [0.25, 0.3) is 17.1 Å². The Hall–Kier alpha value is -2.35. The second-order valence-electron chi connectivity index (χ2n) is 9.34. The van der Waals surface area contributed by atoms with Gasteiger partial charge in [0, 0.05) is 18.0 Å². The lowest BCUT2D eigenvalue weighted by Crippen LogP contribution is -2.10. The van der Waals surface area contributed by atoms with E-state index >= 15 is 0 Å². The van der Waals surface area contributed by atoms with Gasteiger partial charge in [0.25, 0.3) is 0 Å². The molecule has 29 heavy (non-hydrogen) atoms. The van der Waals surface area contributed by atoms with E-state index in [1.165, 1.54) is 33.5 Å². The first-order valence-electron chi connectivity index (χ1n) is 11.0. The number of hydrogen-bond donors (Lipinski definition) is 0. The van der Waals surface area contributed by atoms with Gasteiger partial charge in [-0.05, 0) is 45.9 Å². The maximum atomic E-state index is 4.91. The van der Waals surface area contributed by atoms with Gasteiger partial charge < -0.3 is 0 Å². The van der Waals surface area contributed by atoms with Crippen LogP contribution in [0.3, 0.4) is 0 Å². The van der Waals surface area contributed by atoms with Crippen molar-refractivity contribution in [3.05, 3.63) is 71.0 Å². The summed E-state index contributed by atoms with van der Waals surface area (Å²) >= 11 is 0. The van der Waals surface area contributed by atoms with Crippen molar-refractivity contribution in [1.29, 1.82) is 0 Å². The van der Waals surface area contributed by atoms with E-state index in [4.69, 9.17) is 4.98 Å². The van der Waals surface area contributed by atoms with Gasteiger partial charge in [0.2, 0.25) is 0 Å². The van der Waals surface area contributed by atoms with E-state index in [9.17, 15) is 0 Å². The number of rotatable bonds is 6. The Balaban J connectivity index is 2.37. The van der Waals surface area contributed by atoms with Crippen LogP contribution in [0.5, 0.6) is 0 Å². The van der Waals surface area contributed by atoms with Crippen LogP contribution < -0.4 is 0 Å². The first-order chi connectivity index (χ1) is 13.7. The van der Waals surface area contributed by atoms with Crippen LogP contribution in [-0.2, 0) is 0 Å². The zero-order chi connectivity index (χ0) is 21.3. The minimum Gasteiger partial charge on any atom is -0.299 e. The summed E-state index contributed by atoms with van der Waals surface area (Å²) in [5.41, 5.74) is 8.11. The summed E-state index contributed by atoms with van der Waals surface area (Å²) in [6.07, 6.45) is 4.10. The average molecular weight is 389 g/mol. The fourth-order valence-corrected chi connectivity index (χ4v) is 4.27. The lowest BCUT2D eigenvalue weighted by atomic mass is 9.87. The summed E-state index contributed by atoms with van der Waals surface area (Å²) in [4.78, 5) is 4.91. The third-order valence-electron chi connectivity index (χ3n) is 5.82. The predicted octanol–water partition coefficient (Wildman–Crippen LogP) is 8.03. The van der Waals surface area contributed by atoms with E-state index in [1.807, 2.05) is 6.20 Å². The highest BCUT2D eigenvalue weighted by Gasteiger charge is 2.23. The SMILES string of the molecule is CC(C)c1cccc(C(C)C)c1-c1nccn1-c1c(C(C)C)cccc1C(C)C. The molecular weight excluding hydrogens is 352 g/mol. The Morgan fingerprint density at radius 2 is 1.03 bits per heavy atom. The highest BCUT2D eigenvalue weighted by atomic mass is 15.1. The monoisotopic (exact) mass is 388 g/mol. The van der Waals surface area contributed by atoms with Gasteiger partial charge in [0.15, 0.2) is 0 Å². The molecule has 0 radical (unpaired) electrons. The Bertz CT molecular complexity index is 843. The van der Waals surface area contributed by atoms with Gasteiger partial charge in [-0.25, -0.2) is 4.98 Å². The summed E-state index contributed by atoms with van der Waals surface area (Å²) in [7, 11) is 0. The average Bonchev–Trinajstić information content (AvgIpc) is 3.15. The van der Waals surface area contributed by atoms with Gasteiger partial charge in [-0.3, -0.25) is 4.57 Å². The first kappa shape index (κ1) is 21.4. The van der Waals surface area contributed by atoms with Crippen molar-refractivity contribution in [3.8, 4) is 17.1 Å². The minimum atomic E-state index is 0.443. The van der Waals surface area contributed by atoms with Gasteiger partial charge in [-0.2, -0.15) is 0 Å². The molecule has 2 nitrogen and oxygen atoms in total. The highest BCUT2D eigenvalue weighted by Crippen LogP contribution is 2.39. The topological polar surface area (TPSA) is 17.8 Å². The smallest absolute Gasteiger partial charge is 0.145 e. The van der Waals surface area contributed by atoms with Crippen LogP contribution >= 0.6 is 0 Å². The molecule has 2 heteroatoms. The van der Waals surface area contributed by atoms with Gasteiger partial charge >= 0.3 is 0 Å². The van der Waals surface area contributed by atoms with Crippen LogP contribution in [0.1, 0.15) is 101 Å². The van der Waals surface area contributed by atoms with Crippen molar-refractivity contribution in [2.75, 3.05) is 0 Å². The predicted molar refractivity (Wildman–Crippen MR) is 125 cm³/mol. The number of imidazole rings is 1. The van der Waals surface area contributed by atoms with E-state index in [1.54, 1.807) is 0 Å². The molecule has 0 saturated heterocycles. The molecule has 0 aliphatic rings. The lowest BCUT2D eigenvalue weighted by Gasteiger charge is -2.24. The molecule has 0 atom stereocenters. The number of nitrogens with zero attached hydrogens (tertiary/aromatic N) is 2. The lowest BCUT2D eigenvalue weighted by molar-refractivity contribution is 0.801. The molecule has 3 aromatic rings. The summed E-state index contributed by atoms with van der Waals surface area (Å²) in [5, 5.41) is 0. The van der Waals surface area contributed by atoms with Crippen LogP contribution in [0.2, 0.25) is 0 Å². The second-order valence-corrected chi connectivity index (χ2v) is 9.34. The first-order valence-corrected chi connectivity index (χ1v) is 11.0. The normalized spacial score (nSPS) is 12.0. The van der Waals surface area contributed by atoms with E-state index in [0.29, 0.717) is 23.7 Å². The van der Waals surface area contributed by atoms with Crippen molar-refractivity contribution in [1.82, 2.24) is 9.55 Å². The van der Waals surface area contributed by atoms with Crippen molar-refractivity contribution in [2.24, 2.45) is 0 Å². The molecule has 1 heterocycles. The molecular formula is C27H36N2. The molecule has 0 bridgehead atoms. The molecule has 154 valence electrons. The number of aromatic nitrogens is 2. The van der Waals surface area contributed by atoms with Gasteiger partial charge in [-0.15, -0.1) is 0 Å². The zero-order valence-electron chi connectivity index (χ0n) is 19.3. The quantitative estimate of drug-likeness (QED) is 0.418. The molecule has 0 saturated carbocycles. The van der Waals surface area contributed by atoms with E-state index in [0.717, 1.165) is 5.82 Å². The Morgan fingerprint density at radius 1 is 0.621 bits per heavy atom. The van der Waals surface area contributed by atoms with Crippen LogP contribution in [0.4, 0.5) is 0 Å². The second kappa shape index (κ2) is 8.57. The van der Waals surface area contributed by atoms with Crippen molar-refractivity contribution in [2.45, 2.75) is 79.1 Å². The summed E-state index contributed by atoms with van der Waals surface area (Å²) < 4.78 is 2.34. The third kappa shape index (κ3) is 4.03. The standard InChI is InChI=1S/C27H36N2/c1-17(2)21-11-9-12-22(18(3)4)25(21)27-28-15-16-29(27)26-23(19(5)6)13-10-14-24(26)20(7)8/h9-20H,1-8H3. The Morgan fingerprint density at radius 3 is 1.45 bits per heavy atom. The van der Waals surface area contributed by atoms with Gasteiger partial charge in [-0.1, -0.05) is 91.8 Å². The Labute approximate surface area is 177 Å². The highest BCUT2D eigenvalue weighted by molar-refractivity contribution is 5.70. The van der Waals surface area contributed by atoms with Crippen molar-refractivity contribution in [3.63, 3.8) is 0 Å². The molecule has 0 N–H and O–H groups in total. The Kier molecular flexibility index (Phi) is 6.31. The molecule has 0 aliphatic carbocycles. The zero-order valence-corrected chi connectivity index (χ0v) is 19.3. The molecule has 3 rings (SSSR count). The molecule has 0 amide bonds. The van der Waals surface area contributed by atoms with Crippen molar-refractivity contribution < 1.29 is 0 Å².